The van der Waals surface area contributed by atoms with Gasteiger partial charge in [-0.05, 0) is 54.8 Å². The van der Waals surface area contributed by atoms with E-state index in [1.54, 1.807) is 16.8 Å². The normalized spacial score (nSPS) is 21.6. The fraction of sp³-hybridized carbons (Fsp3) is 0.500. The molecule has 8 nitrogen and oxygen atoms in total. The second-order valence-corrected chi connectivity index (χ2v) is 10.6. The summed E-state index contributed by atoms with van der Waals surface area (Å²) in [6, 6.07) is 9.87. The number of ether oxygens (including phenoxy) is 2. The summed E-state index contributed by atoms with van der Waals surface area (Å²) in [6.45, 7) is 6.57. The number of nitrogens with zero attached hydrogens (tertiary/aromatic N) is 1. The molecule has 1 aromatic heterocycles. The molecule has 2 aromatic rings. The van der Waals surface area contributed by atoms with Gasteiger partial charge in [-0.2, -0.15) is 0 Å². The number of hydrogen-bond donors (Lipinski definition) is 2. The highest BCUT2D eigenvalue weighted by atomic mass is 32.1. The van der Waals surface area contributed by atoms with Crippen LogP contribution in [0.4, 0.5) is 4.79 Å². The number of thiophene rings is 1. The Morgan fingerprint density at radius 2 is 1.94 bits per heavy atom. The highest BCUT2D eigenvalue weighted by Crippen LogP contribution is 2.29. The van der Waals surface area contributed by atoms with E-state index in [4.69, 9.17) is 9.47 Å². The summed E-state index contributed by atoms with van der Waals surface area (Å²) in [7, 11) is 0. The largest absolute Gasteiger partial charge is 0.413 e. The molecule has 0 radical (unpaired) electrons. The van der Waals surface area contributed by atoms with Gasteiger partial charge >= 0.3 is 6.09 Å². The molecule has 2 unspecified atom stereocenters. The number of likely N-dealkylation sites (tertiary alicyclic amines) is 1. The summed E-state index contributed by atoms with van der Waals surface area (Å²) >= 11 is 1.41. The van der Waals surface area contributed by atoms with Crippen LogP contribution in [0.3, 0.4) is 0 Å². The minimum atomic E-state index is -0.905. The first-order valence-corrected chi connectivity index (χ1v) is 13.0. The van der Waals surface area contributed by atoms with E-state index in [1.165, 1.54) is 11.3 Å². The number of Topliss-reactive ketones (excluding diaryl/α,β-unsaturated/α-hetero) is 1. The van der Waals surface area contributed by atoms with Crippen molar-refractivity contribution >= 4 is 29.1 Å². The predicted molar refractivity (Wildman–Crippen MR) is 134 cm³/mol. The molecule has 0 bridgehead atoms. The Hall–Kier alpha value is -2.75. The van der Waals surface area contributed by atoms with Crippen LogP contribution in [0.1, 0.15) is 38.7 Å². The third-order valence-corrected chi connectivity index (χ3v) is 7.34. The van der Waals surface area contributed by atoms with E-state index in [0.717, 1.165) is 31.5 Å². The van der Waals surface area contributed by atoms with Crippen molar-refractivity contribution in [2.45, 2.75) is 56.7 Å². The van der Waals surface area contributed by atoms with Crippen molar-refractivity contribution in [2.75, 3.05) is 26.2 Å². The van der Waals surface area contributed by atoms with Crippen LogP contribution in [0.25, 0.3) is 0 Å². The number of ketones is 1. The van der Waals surface area contributed by atoms with Crippen LogP contribution < -0.4 is 15.4 Å². The van der Waals surface area contributed by atoms with Crippen LogP contribution in [0.2, 0.25) is 0 Å². The second kappa shape index (κ2) is 11.3. The van der Waals surface area contributed by atoms with E-state index in [-0.39, 0.29) is 12.4 Å². The van der Waals surface area contributed by atoms with Gasteiger partial charge < -0.3 is 25.0 Å². The monoisotopic (exact) mass is 499 g/mol. The van der Waals surface area contributed by atoms with Crippen molar-refractivity contribution in [1.82, 2.24) is 15.5 Å². The maximum absolute atomic E-state index is 13.5. The molecule has 2 N–H and O–H groups in total. The molecule has 3 heterocycles. The maximum atomic E-state index is 13.5. The average Bonchev–Trinajstić information content (AvgIpc) is 3.60. The fourth-order valence-corrected chi connectivity index (χ4v) is 5.26. The van der Waals surface area contributed by atoms with E-state index in [1.807, 2.05) is 44.2 Å². The Balaban J connectivity index is 1.47. The summed E-state index contributed by atoms with van der Waals surface area (Å²) in [6.07, 6.45) is 1.47. The van der Waals surface area contributed by atoms with Crippen molar-refractivity contribution < 1.29 is 23.9 Å². The highest BCUT2D eigenvalue weighted by molar-refractivity contribution is 7.08. The van der Waals surface area contributed by atoms with Crippen molar-refractivity contribution in [1.29, 1.82) is 0 Å². The topological polar surface area (TPSA) is 97.0 Å². The van der Waals surface area contributed by atoms with Crippen LogP contribution in [0.15, 0.2) is 47.2 Å². The van der Waals surface area contributed by atoms with Gasteiger partial charge in [0.2, 0.25) is 5.91 Å². The number of benzene rings is 1. The molecule has 2 amide bonds. The smallest absolute Gasteiger partial charge is 0.409 e. The van der Waals surface area contributed by atoms with Crippen molar-refractivity contribution in [2.24, 2.45) is 0 Å². The number of carbonyl (C=O) groups is 3. The Morgan fingerprint density at radius 3 is 2.63 bits per heavy atom. The summed E-state index contributed by atoms with van der Waals surface area (Å²) < 4.78 is 11.1. The molecule has 1 aromatic carbocycles. The first kappa shape index (κ1) is 25.3. The summed E-state index contributed by atoms with van der Waals surface area (Å²) in [5, 5.41) is 9.12. The summed E-state index contributed by atoms with van der Waals surface area (Å²) in [4.78, 5) is 41.0. The molecule has 188 valence electrons. The summed E-state index contributed by atoms with van der Waals surface area (Å²) in [5.41, 5.74) is 0.613. The minimum Gasteiger partial charge on any atom is -0.409 e. The second-order valence-electron chi connectivity index (χ2n) is 9.81. The van der Waals surface area contributed by atoms with Crippen LogP contribution in [-0.4, -0.2) is 67.1 Å². The number of hydrogen-bond acceptors (Lipinski definition) is 7. The third kappa shape index (κ3) is 6.68. The van der Waals surface area contributed by atoms with Crippen molar-refractivity contribution in [3.8, 4) is 5.75 Å². The number of amides is 2. The zero-order valence-corrected chi connectivity index (χ0v) is 21.0. The molecule has 0 saturated carbocycles. The Kier molecular flexibility index (Phi) is 8.20. The molecule has 0 spiro atoms. The van der Waals surface area contributed by atoms with E-state index < -0.39 is 35.6 Å². The molecule has 2 aliphatic heterocycles. The molecule has 2 saturated heterocycles. The van der Waals surface area contributed by atoms with Gasteiger partial charge in [0.25, 0.3) is 0 Å². The Bertz CT molecular complexity index is 1010. The molecule has 3 atom stereocenters. The van der Waals surface area contributed by atoms with Gasteiger partial charge in [-0.3, -0.25) is 9.59 Å². The molecule has 4 rings (SSSR count). The van der Waals surface area contributed by atoms with Gasteiger partial charge in [0.15, 0.2) is 5.78 Å². The highest BCUT2D eigenvalue weighted by Gasteiger charge is 2.40. The molecule has 35 heavy (non-hydrogen) atoms. The third-order valence-electron chi connectivity index (χ3n) is 6.68. The molecule has 2 aliphatic rings. The first-order valence-electron chi connectivity index (χ1n) is 12.0. The van der Waals surface area contributed by atoms with Gasteiger partial charge in [-0.1, -0.05) is 44.2 Å². The van der Waals surface area contributed by atoms with E-state index in [0.29, 0.717) is 18.7 Å². The van der Waals surface area contributed by atoms with Gasteiger partial charge in [0.05, 0.1) is 6.10 Å². The zero-order valence-electron chi connectivity index (χ0n) is 20.2. The molecule has 0 aliphatic carbocycles. The molecule has 2 fully saturated rings. The standard InChI is InChI=1S/C26H33N3O5S/c1-26(2,18-8-4-3-5-9-18)14-20(27-25(32)34-19-10-13-35-17-19)24(31)28-23-21(30)16-33-22(23)15-29-11-6-7-12-29/h3-5,8-10,13,17,20,22-23H,6-7,11-12,14-16H2,1-2H3,(H,27,32)(H,28,31)/t20-,22?,23?/m0/s1. The Labute approximate surface area is 210 Å². The quantitative estimate of drug-likeness (QED) is 0.550. The molecular weight excluding hydrogens is 466 g/mol. The zero-order chi connectivity index (χ0) is 24.8. The van der Waals surface area contributed by atoms with Crippen LogP contribution in [-0.2, 0) is 19.7 Å². The lowest BCUT2D eigenvalue weighted by molar-refractivity contribution is -0.128. The first-order chi connectivity index (χ1) is 16.8. The maximum Gasteiger partial charge on any atom is 0.413 e. The van der Waals surface area contributed by atoms with Crippen molar-refractivity contribution in [3.05, 3.63) is 52.7 Å². The fourth-order valence-electron chi connectivity index (χ4n) is 4.70. The lowest BCUT2D eigenvalue weighted by Gasteiger charge is -2.31. The Morgan fingerprint density at radius 1 is 1.20 bits per heavy atom. The SMILES string of the molecule is CC(C)(C[C@H](NC(=O)Oc1ccsc1)C(=O)NC1C(=O)COC1CN1CCCC1)c1ccccc1. The number of carbonyl (C=O) groups excluding carboxylic acids is 3. The number of nitrogens with one attached hydrogen (secondary N) is 2. The van der Waals surface area contributed by atoms with Crippen LogP contribution >= 0.6 is 11.3 Å². The van der Waals surface area contributed by atoms with E-state index in [9.17, 15) is 14.4 Å². The van der Waals surface area contributed by atoms with E-state index in [2.05, 4.69) is 15.5 Å². The summed E-state index contributed by atoms with van der Waals surface area (Å²) in [5.74, 6) is -0.157. The number of rotatable bonds is 9. The van der Waals surface area contributed by atoms with Crippen molar-refractivity contribution in [3.63, 3.8) is 0 Å². The van der Waals surface area contributed by atoms with Gasteiger partial charge in [-0.25, -0.2) is 4.79 Å². The lowest BCUT2D eigenvalue weighted by atomic mass is 9.79. The predicted octanol–water partition coefficient (Wildman–Crippen LogP) is 3.12. The van der Waals surface area contributed by atoms with Crippen LogP contribution in [0, 0.1) is 0 Å². The van der Waals surface area contributed by atoms with Crippen LogP contribution in [0.5, 0.6) is 5.75 Å². The molecule has 9 heteroatoms. The van der Waals surface area contributed by atoms with E-state index >= 15 is 0 Å². The van der Waals surface area contributed by atoms with Gasteiger partial charge in [0, 0.05) is 11.9 Å². The van der Waals surface area contributed by atoms with Gasteiger partial charge in [0.1, 0.15) is 24.4 Å². The lowest BCUT2D eigenvalue weighted by Crippen LogP contribution is -2.56. The average molecular weight is 500 g/mol. The van der Waals surface area contributed by atoms with Gasteiger partial charge in [-0.15, -0.1) is 11.3 Å². The minimum absolute atomic E-state index is 0.0166. The molecular formula is C26H33N3O5S.